The highest BCUT2D eigenvalue weighted by Gasteiger charge is 2.46. The van der Waals surface area contributed by atoms with Gasteiger partial charge in [0.1, 0.15) is 28.7 Å². The summed E-state index contributed by atoms with van der Waals surface area (Å²) < 4.78 is 44.1. The lowest BCUT2D eigenvalue weighted by Crippen LogP contribution is -2.59. The summed E-state index contributed by atoms with van der Waals surface area (Å²) in [7, 11) is 3.84. The van der Waals surface area contributed by atoms with Crippen LogP contribution in [0.25, 0.3) is 45.3 Å². The van der Waals surface area contributed by atoms with Gasteiger partial charge in [0.05, 0.1) is 57.2 Å². The van der Waals surface area contributed by atoms with Crippen LogP contribution in [0.1, 0.15) is 93.5 Å². The highest BCUT2D eigenvalue weighted by atomic mass is 35.5. The van der Waals surface area contributed by atoms with E-state index in [4.69, 9.17) is 61.4 Å². The van der Waals surface area contributed by atoms with E-state index in [1.54, 1.807) is 19.9 Å². The second kappa shape index (κ2) is 22.7. The lowest BCUT2D eigenvalue weighted by atomic mass is 9.73. The number of ether oxygens (including phenoxy) is 3. The maximum atomic E-state index is 16.0. The zero-order valence-electron chi connectivity index (χ0n) is 41.7. The second-order valence-corrected chi connectivity index (χ2v) is 19.0. The van der Waals surface area contributed by atoms with Crippen LogP contribution < -0.4 is 25.0 Å². The first kappa shape index (κ1) is 51.7. The maximum Gasteiger partial charge on any atom is 0.192 e. The van der Waals surface area contributed by atoms with Gasteiger partial charge in [0, 0.05) is 48.3 Å². The molecule has 3 aliphatic rings. The normalized spacial score (nSPS) is 15.5. The summed E-state index contributed by atoms with van der Waals surface area (Å²) in [5.74, 6) is 3.40. The largest absolute Gasteiger partial charge is 0.494 e. The van der Waals surface area contributed by atoms with Crippen LogP contribution in [0.4, 0.5) is 10.2 Å². The van der Waals surface area contributed by atoms with Crippen LogP contribution in [0.5, 0.6) is 11.5 Å². The first-order valence-corrected chi connectivity index (χ1v) is 24.8. The molecule has 69 heavy (non-hydrogen) atoms. The number of hydrogen-bond acceptors (Lipinski definition) is 14. The zero-order chi connectivity index (χ0) is 49.5. The number of nitrogens with one attached hydrogen (secondary N) is 2. The van der Waals surface area contributed by atoms with Gasteiger partial charge < -0.3 is 38.8 Å². The van der Waals surface area contributed by atoms with Gasteiger partial charge in [0.25, 0.3) is 0 Å². The number of hydrogen-bond donors (Lipinski definition) is 2. The van der Waals surface area contributed by atoms with E-state index in [0.29, 0.717) is 63.2 Å². The van der Waals surface area contributed by atoms with Crippen LogP contribution in [0, 0.1) is 45.9 Å². The highest BCUT2D eigenvalue weighted by Crippen LogP contribution is 2.50. The van der Waals surface area contributed by atoms with E-state index in [1.165, 1.54) is 0 Å². The minimum absolute atomic E-state index is 0.0727. The average Bonchev–Trinajstić information content (AvgIpc) is 3.88. The molecule has 6 aromatic rings. The Kier molecular flexibility index (Phi) is 17.0. The molecule has 2 N–H and O–H groups in total. The van der Waals surface area contributed by atoms with Gasteiger partial charge in [-0.15, -0.1) is 0 Å². The lowest BCUT2D eigenvalue weighted by Gasteiger charge is -2.52. The Morgan fingerprint density at radius 2 is 1.19 bits per heavy atom. The van der Waals surface area contributed by atoms with Crippen LogP contribution in [-0.2, 0) is 10.2 Å². The number of rotatable bonds is 16. The van der Waals surface area contributed by atoms with Crippen LogP contribution in [0.3, 0.4) is 0 Å². The molecule has 370 valence electrons. The molecule has 1 spiro atoms. The van der Waals surface area contributed by atoms with Crippen molar-refractivity contribution in [2.75, 3.05) is 71.6 Å². The van der Waals surface area contributed by atoms with Gasteiger partial charge in [0.15, 0.2) is 23.3 Å². The van der Waals surface area contributed by atoms with E-state index in [-0.39, 0.29) is 22.3 Å². The fourth-order valence-corrected chi connectivity index (χ4v) is 9.31. The van der Waals surface area contributed by atoms with E-state index in [9.17, 15) is 0 Å². The van der Waals surface area contributed by atoms with Crippen molar-refractivity contribution in [1.82, 2.24) is 40.9 Å². The van der Waals surface area contributed by atoms with Crippen molar-refractivity contribution in [3.8, 4) is 56.8 Å². The van der Waals surface area contributed by atoms with E-state index < -0.39 is 5.82 Å². The molecule has 1 aliphatic carbocycles. The molecule has 17 heteroatoms. The minimum atomic E-state index is -0.481. The van der Waals surface area contributed by atoms with Crippen molar-refractivity contribution in [3.63, 3.8) is 0 Å². The summed E-state index contributed by atoms with van der Waals surface area (Å²) in [6.45, 7) is 21.6. The van der Waals surface area contributed by atoms with Crippen molar-refractivity contribution in [1.29, 1.82) is 0 Å². The summed E-state index contributed by atoms with van der Waals surface area (Å²) in [5.41, 5.74) is 7.61. The predicted molar refractivity (Wildman–Crippen MR) is 270 cm³/mol. The van der Waals surface area contributed by atoms with Crippen molar-refractivity contribution in [2.45, 2.75) is 99.3 Å². The quantitative estimate of drug-likeness (QED) is 0.0882. The molecule has 6 heterocycles. The van der Waals surface area contributed by atoms with E-state index in [0.717, 1.165) is 123 Å². The fourth-order valence-electron chi connectivity index (χ4n) is 8.91. The molecule has 0 amide bonds. The molecule has 0 atom stereocenters. The third-order valence-corrected chi connectivity index (χ3v) is 13.7. The smallest absolute Gasteiger partial charge is 0.192 e. The highest BCUT2D eigenvalue weighted by molar-refractivity contribution is 6.33. The monoisotopic (exact) mass is 985 g/mol. The van der Waals surface area contributed by atoms with Crippen LogP contribution in [0.15, 0.2) is 45.4 Å². The number of anilines is 1. The van der Waals surface area contributed by atoms with Gasteiger partial charge in [-0.2, -0.15) is 0 Å². The van der Waals surface area contributed by atoms with Crippen molar-refractivity contribution < 1.29 is 27.6 Å². The van der Waals surface area contributed by atoms with Crippen LogP contribution in [0.2, 0.25) is 10.0 Å². The van der Waals surface area contributed by atoms with Crippen LogP contribution in [-0.4, -0.2) is 97.0 Å². The van der Waals surface area contributed by atoms with Gasteiger partial charge in [-0.3, -0.25) is 0 Å². The molecule has 0 radical (unpaired) electrons. The van der Waals surface area contributed by atoms with E-state index in [2.05, 4.69) is 39.8 Å². The molecular weight excluding hydrogens is 921 g/mol. The Bertz CT molecular complexity index is 2670. The fraction of sp³-hybridized carbons (Fsp3) is 0.500. The lowest BCUT2D eigenvalue weighted by molar-refractivity contribution is -0.000668. The molecule has 0 bridgehead atoms. The first-order chi connectivity index (χ1) is 33.2. The first-order valence-electron chi connectivity index (χ1n) is 24.0. The zero-order valence-corrected chi connectivity index (χ0v) is 43.2. The molecule has 1 saturated carbocycles. The van der Waals surface area contributed by atoms with E-state index in [1.807, 2.05) is 77.0 Å². The minimum Gasteiger partial charge on any atom is -0.494 e. The molecule has 2 aliphatic heterocycles. The number of benzene rings is 2. The summed E-state index contributed by atoms with van der Waals surface area (Å²) in [5, 5.41) is 15.4. The predicted octanol–water partition coefficient (Wildman–Crippen LogP) is 11.3. The number of nitrogens with zero attached hydrogens (tertiary/aromatic N) is 7. The van der Waals surface area contributed by atoms with Crippen molar-refractivity contribution >= 4 is 29.0 Å². The second-order valence-electron chi connectivity index (χ2n) is 18.2. The van der Waals surface area contributed by atoms with Crippen molar-refractivity contribution in [3.05, 3.63) is 86.4 Å². The summed E-state index contributed by atoms with van der Waals surface area (Å²) in [6.07, 6.45) is 5.97. The van der Waals surface area contributed by atoms with E-state index >= 15 is 4.39 Å². The van der Waals surface area contributed by atoms with Gasteiger partial charge in [-0.05, 0) is 142 Å². The third-order valence-electron chi connectivity index (χ3n) is 13.0. The number of aromatic nitrogens is 6. The third kappa shape index (κ3) is 11.5. The average molecular weight is 987 g/mol. The van der Waals surface area contributed by atoms with Gasteiger partial charge in [-0.25, -0.2) is 24.3 Å². The molecule has 2 saturated heterocycles. The Morgan fingerprint density at radius 3 is 1.67 bits per heavy atom. The number of aryl methyl sites for hydroxylation is 4. The van der Waals surface area contributed by atoms with Gasteiger partial charge in [-0.1, -0.05) is 54.3 Å². The molecule has 9 rings (SSSR count). The Morgan fingerprint density at radius 1 is 0.696 bits per heavy atom. The number of halogens is 3. The molecule has 4 aromatic heterocycles. The Hall–Kier alpha value is -5.19. The van der Waals surface area contributed by atoms with Crippen LogP contribution >= 0.6 is 23.2 Å². The summed E-state index contributed by atoms with van der Waals surface area (Å²) in [4.78, 5) is 21.3. The molecule has 3 fully saturated rings. The van der Waals surface area contributed by atoms with Gasteiger partial charge >= 0.3 is 0 Å². The molecule has 14 nitrogen and oxygen atoms in total. The molecule has 2 aromatic carbocycles. The standard InChI is InChI=1S/C26H31ClFN5O3.C24H29ClN4O2.C2H6/c1-16-21(17(2)36-32-16)23-22(28)25(33-14-26(15-33)7-11-34-12-8-26)31-24(30-23)19-13-18(5-6-20(19)27)35-10-4-9-29-3;1-14-21(20-15(2)29-31-16(20)3)27-23(28-22(14)24(4)9-10-24)18-13-17(7-8-19(18)25)30-12-6-11-26-5;1-2/h5-6,13,29H,4,7-12,14-15H2,1-3H3;7-8,13,26H,6,9-12H2,1-5H3;1-2H3. The maximum absolute atomic E-state index is 16.0. The SMILES string of the molecule is CC.CNCCCOc1ccc(Cl)c(-c2nc(-c3c(C)noc3C)c(C)c(C3(C)CC3)n2)c1.CNCCCOc1ccc(Cl)c(-c2nc(-c3c(C)noc3C)c(F)c(N3CC4(CCOCC4)C3)n2)c1. The topological polar surface area (TPSA) is 159 Å². The van der Waals surface area contributed by atoms with Gasteiger partial charge in [0.2, 0.25) is 0 Å². The molecule has 0 unspecified atom stereocenters. The Labute approximate surface area is 415 Å². The Balaban J connectivity index is 0.000000199. The summed E-state index contributed by atoms with van der Waals surface area (Å²) >= 11 is 13.2. The van der Waals surface area contributed by atoms with Crippen molar-refractivity contribution in [2.24, 2.45) is 5.41 Å². The summed E-state index contributed by atoms with van der Waals surface area (Å²) in [6, 6.07) is 11.1. The molecular formula is C52H66Cl2FN9O5.